The Morgan fingerprint density at radius 1 is 1.17 bits per heavy atom. The smallest absolute Gasteiger partial charge is 0.317 e. The van der Waals surface area contributed by atoms with Crippen molar-refractivity contribution in [3.05, 3.63) is 71.2 Å². The number of benzene rings is 1. The molecule has 3 heterocycles. The van der Waals surface area contributed by atoms with Gasteiger partial charge in [-0.15, -0.1) is 0 Å². The van der Waals surface area contributed by atoms with Gasteiger partial charge in [0, 0.05) is 17.8 Å². The van der Waals surface area contributed by atoms with Crippen LogP contribution in [0.1, 0.15) is 35.8 Å². The Kier molecular flexibility index (Phi) is 5.00. The first kappa shape index (κ1) is 19.0. The lowest BCUT2D eigenvalue weighted by Gasteiger charge is -2.25. The largest absolute Gasteiger partial charge is 0.322 e. The van der Waals surface area contributed by atoms with Gasteiger partial charge in [-0.3, -0.25) is 0 Å². The summed E-state index contributed by atoms with van der Waals surface area (Å²) in [5, 5.41) is 7.18. The number of carbonyl (C=O) groups excluding carboxylic acids is 1. The molecule has 0 radical (unpaired) electrons. The summed E-state index contributed by atoms with van der Waals surface area (Å²) in [6, 6.07) is 7.94. The Hall–Kier alpha value is -3.29. The third-order valence-corrected chi connectivity index (χ3v) is 5.06. The number of hydrogen-bond acceptors (Lipinski definition) is 3. The van der Waals surface area contributed by atoms with Crippen molar-refractivity contribution in [3.63, 3.8) is 0 Å². The lowest BCUT2D eigenvalue weighted by Crippen LogP contribution is -2.34. The molecule has 1 aromatic carbocycles. The van der Waals surface area contributed by atoms with Crippen molar-refractivity contribution in [3.8, 4) is 5.82 Å². The van der Waals surface area contributed by atoms with Crippen LogP contribution in [0.15, 0.2) is 42.6 Å². The molecule has 0 aliphatic carbocycles. The maximum atomic E-state index is 14.2. The zero-order valence-corrected chi connectivity index (χ0v) is 16.2. The molecule has 2 aromatic heterocycles. The Morgan fingerprint density at radius 3 is 2.69 bits per heavy atom. The van der Waals surface area contributed by atoms with Crippen molar-refractivity contribution in [2.24, 2.45) is 0 Å². The number of anilines is 1. The fourth-order valence-electron chi connectivity index (χ4n) is 3.74. The number of nitrogens with one attached hydrogen (secondary N) is 1. The van der Waals surface area contributed by atoms with E-state index in [-0.39, 0.29) is 11.6 Å². The first-order valence-electron chi connectivity index (χ1n) is 9.44. The van der Waals surface area contributed by atoms with Gasteiger partial charge < -0.3 is 10.2 Å². The topological polar surface area (TPSA) is 63.1 Å². The number of carbonyl (C=O) groups is 1. The second kappa shape index (κ2) is 7.62. The van der Waals surface area contributed by atoms with Gasteiger partial charge in [-0.2, -0.15) is 5.10 Å². The number of amides is 2. The highest BCUT2D eigenvalue weighted by atomic mass is 19.1. The average Bonchev–Trinajstić information content (AvgIpc) is 3.30. The number of halogens is 2. The SMILES string of the molecule is Cc1cc(C)n(-c2ccc(NC(=O)N3CCCC3c3cc(F)ccc3F)cn2)n1. The number of urea groups is 1. The zero-order chi connectivity index (χ0) is 20.5. The average molecular weight is 397 g/mol. The molecule has 1 fully saturated rings. The van der Waals surface area contributed by atoms with E-state index in [0.29, 0.717) is 24.5 Å². The quantitative estimate of drug-likeness (QED) is 0.706. The molecule has 1 saturated heterocycles. The number of nitrogens with zero attached hydrogens (tertiary/aromatic N) is 4. The van der Waals surface area contributed by atoms with Crippen molar-refractivity contribution in [2.75, 3.05) is 11.9 Å². The summed E-state index contributed by atoms with van der Waals surface area (Å²) in [5.74, 6) is -0.376. The minimum absolute atomic E-state index is 0.204. The molecule has 0 spiro atoms. The number of hydrogen-bond donors (Lipinski definition) is 1. The van der Waals surface area contributed by atoms with Gasteiger partial charge in [0.15, 0.2) is 5.82 Å². The molecule has 1 unspecified atom stereocenters. The summed E-state index contributed by atoms with van der Waals surface area (Å²) >= 11 is 0. The lowest BCUT2D eigenvalue weighted by molar-refractivity contribution is 0.206. The Morgan fingerprint density at radius 2 is 2.00 bits per heavy atom. The molecular formula is C21H21F2N5O. The van der Waals surface area contributed by atoms with Crippen LogP contribution in [0.2, 0.25) is 0 Å². The minimum Gasteiger partial charge on any atom is -0.317 e. The molecule has 150 valence electrons. The summed E-state index contributed by atoms with van der Waals surface area (Å²) in [7, 11) is 0. The van der Waals surface area contributed by atoms with Crippen LogP contribution in [0.3, 0.4) is 0 Å². The fourth-order valence-corrected chi connectivity index (χ4v) is 3.74. The standard InChI is InChI=1S/C21H21F2N5O/c1-13-10-14(2)28(26-13)20-8-6-16(12-24-20)25-21(29)27-9-3-4-19(27)17-11-15(22)5-7-18(17)23/h5-8,10-12,19H,3-4,9H2,1-2H3,(H,25,29). The summed E-state index contributed by atoms with van der Waals surface area (Å²) in [6.45, 7) is 4.33. The molecule has 1 aliphatic rings. The van der Waals surface area contributed by atoms with Crippen molar-refractivity contribution in [1.29, 1.82) is 0 Å². The van der Waals surface area contributed by atoms with E-state index in [1.807, 2.05) is 19.9 Å². The van der Waals surface area contributed by atoms with E-state index in [1.165, 1.54) is 4.90 Å². The second-order valence-electron chi connectivity index (χ2n) is 7.19. The molecule has 4 rings (SSSR count). The first-order chi connectivity index (χ1) is 13.9. The van der Waals surface area contributed by atoms with E-state index >= 15 is 0 Å². The third kappa shape index (κ3) is 3.83. The highest BCUT2D eigenvalue weighted by molar-refractivity contribution is 5.89. The molecule has 6 nitrogen and oxygen atoms in total. The summed E-state index contributed by atoms with van der Waals surface area (Å²) < 4.78 is 29.5. The maximum absolute atomic E-state index is 14.2. The van der Waals surface area contributed by atoms with Crippen molar-refractivity contribution in [2.45, 2.75) is 32.7 Å². The van der Waals surface area contributed by atoms with Gasteiger partial charge in [0.2, 0.25) is 0 Å². The first-order valence-corrected chi connectivity index (χ1v) is 9.44. The second-order valence-corrected chi connectivity index (χ2v) is 7.19. The Bertz CT molecular complexity index is 1050. The van der Waals surface area contributed by atoms with E-state index in [4.69, 9.17) is 0 Å². The monoisotopic (exact) mass is 397 g/mol. The third-order valence-electron chi connectivity index (χ3n) is 5.06. The van der Waals surface area contributed by atoms with E-state index in [0.717, 1.165) is 36.0 Å². The lowest BCUT2D eigenvalue weighted by atomic mass is 10.0. The number of rotatable bonds is 3. The number of aromatic nitrogens is 3. The van der Waals surface area contributed by atoms with Gasteiger partial charge >= 0.3 is 6.03 Å². The fraction of sp³-hybridized carbons (Fsp3) is 0.286. The minimum atomic E-state index is -0.516. The molecule has 29 heavy (non-hydrogen) atoms. The molecule has 0 saturated carbocycles. The van der Waals surface area contributed by atoms with Crippen molar-refractivity contribution >= 4 is 11.7 Å². The van der Waals surface area contributed by atoms with Gasteiger partial charge in [0.25, 0.3) is 0 Å². The van der Waals surface area contributed by atoms with E-state index in [9.17, 15) is 13.6 Å². The summed E-state index contributed by atoms with van der Waals surface area (Å²) in [4.78, 5) is 18.7. The molecule has 2 amide bonds. The molecule has 8 heteroatoms. The maximum Gasteiger partial charge on any atom is 0.322 e. The molecule has 3 aromatic rings. The van der Waals surface area contributed by atoms with E-state index < -0.39 is 17.7 Å². The van der Waals surface area contributed by atoms with Crippen LogP contribution in [-0.2, 0) is 0 Å². The highest BCUT2D eigenvalue weighted by Crippen LogP contribution is 2.34. The van der Waals surface area contributed by atoms with E-state index in [1.54, 1.807) is 23.0 Å². The van der Waals surface area contributed by atoms with Gasteiger partial charge in [-0.1, -0.05) is 0 Å². The molecule has 0 bridgehead atoms. The zero-order valence-electron chi connectivity index (χ0n) is 16.2. The van der Waals surface area contributed by atoms with Gasteiger partial charge in [-0.05, 0) is 63.1 Å². The van der Waals surface area contributed by atoms with Crippen LogP contribution in [0.5, 0.6) is 0 Å². The van der Waals surface area contributed by atoms with Crippen LogP contribution >= 0.6 is 0 Å². The number of pyridine rings is 1. The van der Waals surface area contributed by atoms with Crippen LogP contribution in [-0.4, -0.2) is 32.2 Å². The van der Waals surface area contributed by atoms with Crippen LogP contribution < -0.4 is 5.32 Å². The highest BCUT2D eigenvalue weighted by Gasteiger charge is 2.32. The van der Waals surface area contributed by atoms with Crippen molar-refractivity contribution < 1.29 is 13.6 Å². The molecule has 1 aliphatic heterocycles. The number of likely N-dealkylation sites (tertiary alicyclic amines) is 1. The normalized spacial score (nSPS) is 16.3. The Labute approximate surface area is 167 Å². The number of aryl methyl sites for hydroxylation is 2. The Balaban J connectivity index is 1.50. The van der Waals surface area contributed by atoms with Gasteiger partial charge in [0.05, 0.1) is 23.6 Å². The van der Waals surface area contributed by atoms with Crippen LogP contribution in [0.4, 0.5) is 19.3 Å². The predicted octanol–water partition coefficient (Wildman–Crippen LogP) is 4.53. The molecule has 1 N–H and O–H groups in total. The molecular weight excluding hydrogens is 376 g/mol. The summed E-state index contributed by atoms with van der Waals surface area (Å²) in [6.07, 6.45) is 2.86. The van der Waals surface area contributed by atoms with Gasteiger partial charge in [0.1, 0.15) is 11.6 Å². The predicted molar refractivity (Wildman–Crippen MR) is 105 cm³/mol. The van der Waals surface area contributed by atoms with Gasteiger partial charge in [-0.25, -0.2) is 23.2 Å². The van der Waals surface area contributed by atoms with E-state index in [2.05, 4.69) is 15.4 Å². The van der Waals surface area contributed by atoms with Crippen LogP contribution in [0, 0.1) is 25.5 Å². The van der Waals surface area contributed by atoms with Crippen molar-refractivity contribution in [1.82, 2.24) is 19.7 Å². The summed E-state index contributed by atoms with van der Waals surface area (Å²) in [5.41, 5.74) is 2.58. The van der Waals surface area contributed by atoms with Crippen LogP contribution in [0.25, 0.3) is 5.82 Å². The molecule has 1 atom stereocenters.